The fourth-order valence-corrected chi connectivity index (χ4v) is 3.25. The third-order valence-corrected chi connectivity index (χ3v) is 4.18. The zero-order valence-electron chi connectivity index (χ0n) is 11.4. The second-order valence-electron chi connectivity index (χ2n) is 5.18. The van der Waals surface area contributed by atoms with Crippen molar-refractivity contribution < 1.29 is 9.26 Å². The maximum atomic E-state index is 6.36. The molecule has 0 aliphatic heterocycles. The van der Waals surface area contributed by atoms with E-state index in [4.69, 9.17) is 26.6 Å². The van der Waals surface area contributed by atoms with E-state index in [1.165, 1.54) is 25.7 Å². The van der Waals surface area contributed by atoms with Crippen molar-refractivity contribution in [3.63, 3.8) is 0 Å². The van der Waals surface area contributed by atoms with Crippen molar-refractivity contribution >= 4 is 17.5 Å². The summed E-state index contributed by atoms with van der Waals surface area (Å²) in [6.45, 7) is 0. The van der Waals surface area contributed by atoms with E-state index in [-0.39, 0.29) is 0 Å². The molecule has 2 aromatic rings. The van der Waals surface area contributed by atoms with Gasteiger partial charge in [-0.3, -0.25) is 0 Å². The highest BCUT2D eigenvalue weighted by atomic mass is 35.5. The number of aromatic nitrogens is 1. The van der Waals surface area contributed by atoms with Crippen LogP contribution in [0.1, 0.15) is 37.2 Å². The molecule has 0 bridgehead atoms. The number of benzene rings is 1. The molecule has 0 radical (unpaired) electrons. The van der Waals surface area contributed by atoms with Gasteiger partial charge in [-0.25, -0.2) is 0 Å². The maximum Gasteiger partial charge on any atom is 0.222 e. The minimum atomic E-state index is 0.300. The molecule has 1 fully saturated rings. The summed E-state index contributed by atoms with van der Waals surface area (Å²) in [6.07, 6.45) is 4.87. The van der Waals surface area contributed by atoms with Crippen molar-refractivity contribution in [1.82, 2.24) is 5.16 Å². The fourth-order valence-electron chi connectivity index (χ4n) is 2.94. The van der Waals surface area contributed by atoms with Crippen LogP contribution in [0.5, 0.6) is 5.75 Å². The summed E-state index contributed by atoms with van der Waals surface area (Å²) in [5.41, 5.74) is 8.36. The van der Waals surface area contributed by atoms with E-state index < -0.39 is 0 Å². The molecule has 1 heterocycles. The first kappa shape index (κ1) is 13.3. The van der Waals surface area contributed by atoms with E-state index in [0.29, 0.717) is 22.5 Å². The zero-order valence-corrected chi connectivity index (χ0v) is 12.1. The molecule has 0 unspecified atom stereocenters. The molecule has 0 amide bonds. The summed E-state index contributed by atoms with van der Waals surface area (Å²) >= 11 is 6.36. The Morgan fingerprint density at radius 3 is 2.65 bits per heavy atom. The monoisotopic (exact) mass is 292 g/mol. The molecule has 1 saturated carbocycles. The van der Waals surface area contributed by atoms with Gasteiger partial charge in [-0.05, 0) is 36.5 Å². The lowest BCUT2D eigenvalue weighted by atomic mass is 9.94. The normalized spacial score (nSPS) is 15.7. The first-order chi connectivity index (χ1) is 9.69. The lowest BCUT2D eigenvalue weighted by Crippen LogP contribution is -1.99. The molecule has 1 aliphatic carbocycles. The number of hydrogen-bond acceptors (Lipinski definition) is 4. The number of nitrogen functional groups attached to an aromatic ring is 1. The van der Waals surface area contributed by atoms with E-state index in [0.717, 1.165) is 16.9 Å². The zero-order chi connectivity index (χ0) is 14.1. The highest BCUT2D eigenvalue weighted by molar-refractivity contribution is 6.32. The quantitative estimate of drug-likeness (QED) is 0.919. The topological polar surface area (TPSA) is 61.3 Å². The number of methoxy groups -OCH3 is 1. The smallest absolute Gasteiger partial charge is 0.222 e. The lowest BCUT2D eigenvalue weighted by Gasteiger charge is -2.17. The maximum absolute atomic E-state index is 6.36. The van der Waals surface area contributed by atoms with Gasteiger partial charge < -0.3 is 15.0 Å². The summed E-state index contributed by atoms with van der Waals surface area (Å²) in [7, 11) is 1.66. The number of anilines is 1. The average molecular weight is 293 g/mol. The largest absolute Gasteiger partial charge is 0.495 e. The Bertz CT molecular complexity index is 618. The van der Waals surface area contributed by atoms with E-state index >= 15 is 0 Å². The Hall–Kier alpha value is -1.68. The Balaban J connectivity index is 2.08. The molecule has 0 saturated heterocycles. The molecule has 1 aromatic heterocycles. The van der Waals surface area contributed by atoms with Crippen molar-refractivity contribution in [1.29, 1.82) is 0 Å². The predicted octanol–water partition coefficient (Wildman–Crippen LogP) is 4.24. The molecule has 106 valence electrons. The molecule has 0 spiro atoms. The first-order valence-corrected chi connectivity index (χ1v) is 7.17. The molecule has 1 aliphatic rings. The van der Waals surface area contributed by atoms with Crippen molar-refractivity contribution in [2.24, 2.45) is 0 Å². The SMILES string of the molecule is COc1c(Cl)cc(-c2cc(N)on2)cc1C1CCCC1. The number of hydrogen-bond donors (Lipinski definition) is 1. The lowest BCUT2D eigenvalue weighted by molar-refractivity contribution is 0.405. The molecule has 0 atom stereocenters. The number of nitrogens with zero attached hydrogens (tertiary/aromatic N) is 1. The van der Waals surface area contributed by atoms with Gasteiger partial charge in [0.2, 0.25) is 5.88 Å². The van der Waals surface area contributed by atoms with Crippen LogP contribution in [0.15, 0.2) is 22.7 Å². The first-order valence-electron chi connectivity index (χ1n) is 6.79. The van der Waals surface area contributed by atoms with Crippen LogP contribution < -0.4 is 10.5 Å². The van der Waals surface area contributed by atoms with Gasteiger partial charge in [-0.15, -0.1) is 0 Å². The molecule has 3 rings (SSSR count). The standard InChI is InChI=1S/C15H17ClN2O2/c1-19-15-11(9-4-2-3-5-9)6-10(7-12(15)16)13-8-14(17)20-18-13/h6-9H,2-5,17H2,1H3. The summed E-state index contributed by atoms with van der Waals surface area (Å²) in [4.78, 5) is 0. The highest BCUT2D eigenvalue weighted by Crippen LogP contribution is 2.43. The van der Waals surface area contributed by atoms with Crippen molar-refractivity contribution in [3.8, 4) is 17.0 Å². The summed E-state index contributed by atoms with van der Waals surface area (Å²) < 4.78 is 10.4. The molecule has 4 nitrogen and oxygen atoms in total. The number of ether oxygens (including phenoxy) is 1. The Labute approximate surface area is 122 Å². The van der Waals surface area contributed by atoms with Gasteiger partial charge in [0, 0.05) is 11.6 Å². The van der Waals surface area contributed by atoms with Gasteiger partial charge in [0.15, 0.2) is 0 Å². The number of halogens is 1. The molecule has 2 N–H and O–H groups in total. The minimum Gasteiger partial charge on any atom is -0.495 e. The van der Waals surface area contributed by atoms with Crippen LogP contribution in [0.3, 0.4) is 0 Å². The average Bonchev–Trinajstić information content (AvgIpc) is 3.08. The van der Waals surface area contributed by atoms with Crippen molar-refractivity contribution in [2.75, 3.05) is 12.8 Å². The third kappa shape index (κ3) is 2.36. The third-order valence-electron chi connectivity index (χ3n) is 3.90. The molecule has 1 aromatic carbocycles. The molecule has 5 heteroatoms. The van der Waals surface area contributed by atoms with Crippen LogP contribution in [0.2, 0.25) is 5.02 Å². The van der Waals surface area contributed by atoms with Crippen molar-refractivity contribution in [3.05, 3.63) is 28.8 Å². The van der Waals surface area contributed by atoms with E-state index in [1.807, 2.05) is 6.07 Å². The van der Waals surface area contributed by atoms with Crippen LogP contribution in [0.25, 0.3) is 11.3 Å². The van der Waals surface area contributed by atoms with E-state index in [1.54, 1.807) is 13.2 Å². The highest BCUT2D eigenvalue weighted by Gasteiger charge is 2.23. The number of rotatable bonds is 3. The van der Waals surface area contributed by atoms with Crippen LogP contribution in [-0.2, 0) is 0 Å². The van der Waals surface area contributed by atoms with Gasteiger partial charge in [-0.1, -0.05) is 29.6 Å². The van der Waals surface area contributed by atoms with Gasteiger partial charge in [0.1, 0.15) is 11.4 Å². The molecule has 20 heavy (non-hydrogen) atoms. The van der Waals surface area contributed by atoms with Gasteiger partial charge in [0.05, 0.1) is 12.1 Å². The van der Waals surface area contributed by atoms with Crippen LogP contribution in [0, 0.1) is 0 Å². The Kier molecular flexibility index (Phi) is 3.57. The van der Waals surface area contributed by atoms with Crippen LogP contribution in [0.4, 0.5) is 5.88 Å². The Morgan fingerprint density at radius 1 is 1.30 bits per heavy atom. The summed E-state index contributed by atoms with van der Waals surface area (Å²) in [5.74, 6) is 1.58. The van der Waals surface area contributed by atoms with E-state index in [2.05, 4.69) is 11.2 Å². The number of nitrogens with two attached hydrogens (primary N) is 1. The second kappa shape index (κ2) is 5.37. The molecular weight excluding hydrogens is 276 g/mol. The summed E-state index contributed by atoms with van der Waals surface area (Å²) in [5, 5.41) is 4.56. The fraction of sp³-hybridized carbons (Fsp3) is 0.400. The predicted molar refractivity (Wildman–Crippen MR) is 79.1 cm³/mol. The summed E-state index contributed by atoms with van der Waals surface area (Å²) in [6, 6.07) is 5.64. The molecular formula is C15H17ClN2O2. The van der Waals surface area contributed by atoms with Gasteiger partial charge in [0.25, 0.3) is 0 Å². The van der Waals surface area contributed by atoms with Gasteiger partial charge in [-0.2, -0.15) is 0 Å². The minimum absolute atomic E-state index is 0.300. The van der Waals surface area contributed by atoms with E-state index in [9.17, 15) is 0 Å². The van der Waals surface area contributed by atoms with Crippen LogP contribution in [-0.4, -0.2) is 12.3 Å². The Morgan fingerprint density at radius 2 is 2.05 bits per heavy atom. The second-order valence-corrected chi connectivity index (χ2v) is 5.58. The van der Waals surface area contributed by atoms with Crippen LogP contribution >= 0.6 is 11.6 Å². The van der Waals surface area contributed by atoms with Crippen molar-refractivity contribution in [2.45, 2.75) is 31.6 Å². The van der Waals surface area contributed by atoms with Gasteiger partial charge >= 0.3 is 0 Å².